The van der Waals surface area contributed by atoms with Gasteiger partial charge in [-0.15, -0.1) is 0 Å². The highest BCUT2D eigenvalue weighted by atomic mass is 16.5. The molecule has 3 rings (SSSR count). The van der Waals surface area contributed by atoms with Crippen molar-refractivity contribution in [2.75, 3.05) is 13.7 Å². The van der Waals surface area contributed by atoms with Crippen LogP contribution < -0.4 is 10.1 Å². The molecule has 2 N–H and O–H groups in total. The number of carbonyl (C=O) groups is 1. The number of carbonyl (C=O) groups excluding carboxylic acids is 1. The average Bonchev–Trinajstić information content (AvgIpc) is 3.13. The van der Waals surface area contributed by atoms with Gasteiger partial charge in [0.15, 0.2) is 0 Å². The number of benzene rings is 2. The van der Waals surface area contributed by atoms with Gasteiger partial charge in [0.2, 0.25) is 5.91 Å². The minimum Gasteiger partial charge on any atom is -0.497 e. The van der Waals surface area contributed by atoms with Crippen molar-refractivity contribution in [3.05, 3.63) is 65.9 Å². The Labute approximate surface area is 160 Å². The topological polar surface area (TPSA) is 54.1 Å². The summed E-state index contributed by atoms with van der Waals surface area (Å²) in [6, 6.07) is 16.4. The van der Waals surface area contributed by atoms with Crippen molar-refractivity contribution in [2.45, 2.75) is 38.5 Å². The van der Waals surface area contributed by atoms with Crippen molar-refractivity contribution in [1.82, 2.24) is 10.3 Å². The van der Waals surface area contributed by atoms with Crippen molar-refractivity contribution < 1.29 is 9.53 Å². The van der Waals surface area contributed by atoms with E-state index >= 15 is 0 Å². The number of amides is 1. The Balaban J connectivity index is 1.83. The summed E-state index contributed by atoms with van der Waals surface area (Å²) >= 11 is 0. The number of rotatable bonds is 9. The van der Waals surface area contributed by atoms with E-state index in [9.17, 15) is 4.79 Å². The highest BCUT2D eigenvalue weighted by Crippen LogP contribution is 2.31. The summed E-state index contributed by atoms with van der Waals surface area (Å²) in [6.07, 6.45) is 5.82. The molecule has 0 unspecified atom stereocenters. The van der Waals surface area contributed by atoms with Gasteiger partial charge in [0.1, 0.15) is 5.75 Å². The van der Waals surface area contributed by atoms with E-state index in [0.717, 1.165) is 36.1 Å². The molecule has 0 saturated carbocycles. The molecule has 0 aliphatic carbocycles. The number of hydrogen-bond acceptors (Lipinski definition) is 2. The zero-order chi connectivity index (χ0) is 19.1. The number of nitrogens with one attached hydrogen (secondary N) is 2. The van der Waals surface area contributed by atoms with Gasteiger partial charge in [0.25, 0.3) is 0 Å². The molecule has 0 saturated heterocycles. The Morgan fingerprint density at radius 1 is 1.11 bits per heavy atom. The van der Waals surface area contributed by atoms with Crippen molar-refractivity contribution >= 4 is 16.8 Å². The fourth-order valence-corrected chi connectivity index (χ4v) is 3.47. The van der Waals surface area contributed by atoms with Crippen molar-refractivity contribution in [1.29, 1.82) is 0 Å². The van der Waals surface area contributed by atoms with Crippen LogP contribution in [0.15, 0.2) is 54.7 Å². The van der Waals surface area contributed by atoms with Crippen molar-refractivity contribution in [2.24, 2.45) is 0 Å². The lowest BCUT2D eigenvalue weighted by molar-refractivity contribution is -0.121. The highest BCUT2D eigenvalue weighted by molar-refractivity contribution is 5.84. The zero-order valence-corrected chi connectivity index (χ0v) is 16.1. The minimum atomic E-state index is 0.0854. The SMILES string of the molecule is CCCCCC(=O)NC[C@@H](c1ccc(OC)cc1)c1c[nH]c2ccccc12. The number of methoxy groups -OCH3 is 1. The van der Waals surface area contributed by atoms with Crippen LogP contribution in [-0.4, -0.2) is 24.5 Å². The second-order valence-corrected chi connectivity index (χ2v) is 6.88. The van der Waals surface area contributed by atoms with E-state index in [-0.39, 0.29) is 11.8 Å². The van der Waals surface area contributed by atoms with E-state index in [1.54, 1.807) is 7.11 Å². The van der Waals surface area contributed by atoms with E-state index in [0.29, 0.717) is 13.0 Å². The molecule has 142 valence electrons. The number of hydrogen-bond donors (Lipinski definition) is 2. The van der Waals surface area contributed by atoms with Gasteiger partial charge in [-0.1, -0.05) is 50.1 Å². The summed E-state index contributed by atoms with van der Waals surface area (Å²) in [5, 5.41) is 4.33. The van der Waals surface area contributed by atoms with Crippen LogP contribution in [0.3, 0.4) is 0 Å². The maximum atomic E-state index is 12.2. The molecule has 1 heterocycles. The number of unbranched alkanes of at least 4 members (excludes halogenated alkanes) is 2. The summed E-state index contributed by atoms with van der Waals surface area (Å²) in [7, 11) is 1.67. The Hall–Kier alpha value is -2.75. The summed E-state index contributed by atoms with van der Waals surface area (Å²) in [5.74, 6) is 1.05. The van der Waals surface area contributed by atoms with Crippen LogP contribution in [0, 0.1) is 0 Å². The quantitative estimate of drug-likeness (QED) is 0.525. The Bertz CT molecular complexity index is 867. The molecule has 4 heteroatoms. The summed E-state index contributed by atoms with van der Waals surface area (Å²) in [6.45, 7) is 2.73. The molecule has 27 heavy (non-hydrogen) atoms. The predicted octanol–water partition coefficient (Wildman–Crippen LogP) is 5.00. The van der Waals surface area contributed by atoms with Crippen molar-refractivity contribution in [3.63, 3.8) is 0 Å². The van der Waals surface area contributed by atoms with Crippen LogP contribution in [0.4, 0.5) is 0 Å². The maximum Gasteiger partial charge on any atom is 0.220 e. The third-order valence-corrected chi connectivity index (χ3v) is 5.03. The molecule has 1 aromatic heterocycles. The van der Waals surface area contributed by atoms with Crippen LogP contribution >= 0.6 is 0 Å². The predicted molar refractivity (Wildman–Crippen MR) is 110 cm³/mol. The lowest BCUT2D eigenvalue weighted by Gasteiger charge is -2.18. The molecule has 0 fully saturated rings. The first-order valence-electron chi connectivity index (χ1n) is 9.69. The number of para-hydroxylation sites is 1. The van der Waals surface area contributed by atoms with E-state index in [2.05, 4.69) is 47.7 Å². The molecule has 1 amide bonds. The van der Waals surface area contributed by atoms with Gasteiger partial charge in [-0.25, -0.2) is 0 Å². The van der Waals surface area contributed by atoms with Gasteiger partial charge in [-0.05, 0) is 35.7 Å². The number of aromatic amines is 1. The molecular weight excluding hydrogens is 336 g/mol. The zero-order valence-electron chi connectivity index (χ0n) is 16.1. The molecule has 1 atom stereocenters. The first-order valence-corrected chi connectivity index (χ1v) is 9.69. The minimum absolute atomic E-state index is 0.0854. The van der Waals surface area contributed by atoms with Crippen LogP contribution in [0.2, 0.25) is 0 Å². The summed E-state index contributed by atoms with van der Waals surface area (Å²) < 4.78 is 5.29. The lowest BCUT2D eigenvalue weighted by Crippen LogP contribution is -2.28. The van der Waals surface area contributed by atoms with Gasteiger partial charge in [-0.3, -0.25) is 4.79 Å². The third kappa shape index (κ3) is 4.70. The van der Waals surface area contributed by atoms with E-state index < -0.39 is 0 Å². The van der Waals surface area contributed by atoms with Gasteiger partial charge in [-0.2, -0.15) is 0 Å². The van der Waals surface area contributed by atoms with Gasteiger partial charge in [0, 0.05) is 36.0 Å². The second kappa shape index (κ2) is 9.26. The fourth-order valence-electron chi connectivity index (χ4n) is 3.47. The number of aromatic nitrogens is 1. The van der Waals surface area contributed by atoms with Crippen LogP contribution in [0.5, 0.6) is 5.75 Å². The van der Waals surface area contributed by atoms with E-state index in [4.69, 9.17) is 4.74 Å². The van der Waals surface area contributed by atoms with Crippen molar-refractivity contribution in [3.8, 4) is 5.75 Å². The van der Waals surface area contributed by atoms with Crippen LogP contribution in [-0.2, 0) is 4.79 Å². The molecule has 0 aliphatic heterocycles. The summed E-state index contributed by atoms with van der Waals surface area (Å²) in [4.78, 5) is 15.6. The highest BCUT2D eigenvalue weighted by Gasteiger charge is 2.19. The van der Waals surface area contributed by atoms with E-state index in [1.807, 2.05) is 24.3 Å². The summed E-state index contributed by atoms with van der Waals surface area (Å²) in [5.41, 5.74) is 3.47. The first-order chi connectivity index (χ1) is 13.2. The normalized spacial score (nSPS) is 12.1. The molecule has 0 spiro atoms. The molecule has 0 bridgehead atoms. The smallest absolute Gasteiger partial charge is 0.220 e. The Kier molecular flexibility index (Phi) is 6.53. The number of H-pyrrole nitrogens is 1. The maximum absolute atomic E-state index is 12.2. The fraction of sp³-hybridized carbons (Fsp3) is 0.348. The third-order valence-electron chi connectivity index (χ3n) is 5.03. The van der Waals surface area contributed by atoms with E-state index in [1.165, 1.54) is 10.9 Å². The standard InChI is InChI=1S/C23H28N2O2/c1-3-4-5-10-23(26)25-15-20(17-11-13-18(27-2)14-12-17)21-16-24-22-9-7-6-8-19(21)22/h6-9,11-14,16,20,24H,3-5,10,15H2,1-2H3,(H,25,26)/t20-/m0/s1. The number of ether oxygens (including phenoxy) is 1. The van der Waals surface area contributed by atoms with Crippen LogP contribution in [0.25, 0.3) is 10.9 Å². The number of fused-ring (bicyclic) bond motifs is 1. The largest absolute Gasteiger partial charge is 0.497 e. The monoisotopic (exact) mass is 364 g/mol. The van der Waals surface area contributed by atoms with Gasteiger partial charge >= 0.3 is 0 Å². The lowest BCUT2D eigenvalue weighted by atomic mass is 9.90. The molecule has 2 aromatic carbocycles. The Morgan fingerprint density at radius 2 is 1.89 bits per heavy atom. The van der Waals surface area contributed by atoms with Gasteiger partial charge in [0.05, 0.1) is 7.11 Å². The first kappa shape index (κ1) is 19.0. The second-order valence-electron chi connectivity index (χ2n) is 6.88. The van der Waals surface area contributed by atoms with Crippen LogP contribution in [0.1, 0.15) is 49.7 Å². The average molecular weight is 364 g/mol. The molecular formula is C23H28N2O2. The molecule has 3 aromatic rings. The molecule has 0 radical (unpaired) electrons. The Morgan fingerprint density at radius 3 is 2.63 bits per heavy atom. The van der Waals surface area contributed by atoms with Gasteiger partial charge < -0.3 is 15.0 Å². The molecule has 4 nitrogen and oxygen atoms in total. The molecule has 0 aliphatic rings.